The van der Waals surface area contributed by atoms with Crippen LogP contribution in [0.3, 0.4) is 0 Å². The molecular weight excluding hydrogens is 308 g/mol. The van der Waals surface area contributed by atoms with Crippen molar-refractivity contribution in [2.45, 2.75) is 11.9 Å². The highest BCUT2D eigenvalue weighted by molar-refractivity contribution is 7.99. The van der Waals surface area contributed by atoms with Crippen LogP contribution < -0.4 is 5.73 Å². The lowest BCUT2D eigenvalue weighted by Gasteiger charge is -1.97. The standard InChI is InChI=1S/C13H12N4O2S2/c1-2-20-11-9(12(18)19)10(14)17(16-11)13-15-7-5-3-4-6-8(7)21-13/h3-6H,2,14H2,1H3,(H,18,19). The van der Waals surface area contributed by atoms with Gasteiger partial charge in [0.05, 0.1) is 10.2 Å². The number of thioether (sulfide) groups is 1. The van der Waals surface area contributed by atoms with Crippen molar-refractivity contribution in [2.24, 2.45) is 0 Å². The topological polar surface area (TPSA) is 94.0 Å². The molecule has 21 heavy (non-hydrogen) atoms. The van der Waals surface area contributed by atoms with Gasteiger partial charge in [0.2, 0.25) is 5.13 Å². The zero-order chi connectivity index (χ0) is 15.0. The van der Waals surface area contributed by atoms with Gasteiger partial charge in [0.1, 0.15) is 16.4 Å². The summed E-state index contributed by atoms with van der Waals surface area (Å²) in [5.74, 6) is -0.246. The van der Waals surface area contributed by atoms with Gasteiger partial charge in [-0.2, -0.15) is 9.78 Å². The molecule has 3 N–H and O–H groups in total. The van der Waals surface area contributed by atoms with Gasteiger partial charge >= 0.3 is 5.97 Å². The van der Waals surface area contributed by atoms with E-state index in [1.807, 2.05) is 31.2 Å². The minimum absolute atomic E-state index is 0.0427. The van der Waals surface area contributed by atoms with E-state index in [1.165, 1.54) is 27.8 Å². The maximum Gasteiger partial charge on any atom is 0.342 e. The van der Waals surface area contributed by atoms with E-state index >= 15 is 0 Å². The number of benzene rings is 1. The molecule has 2 heterocycles. The zero-order valence-corrected chi connectivity index (χ0v) is 12.7. The molecule has 108 valence electrons. The average Bonchev–Trinajstić information content (AvgIpc) is 3.00. The predicted molar refractivity (Wildman–Crippen MR) is 84.5 cm³/mol. The van der Waals surface area contributed by atoms with Crippen molar-refractivity contribution in [1.82, 2.24) is 14.8 Å². The largest absolute Gasteiger partial charge is 0.477 e. The number of aromatic nitrogens is 3. The molecule has 0 saturated heterocycles. The number of hydrogen-bond acceptors (Lipinski definition) is 6. The van der Waals surface area contributed by atoms with Gasteiger partial charge in [-0.25, -0.2) is 9.78 Å². The van der Waals surface area contributed by atoms with E-state index in [1.54, 1.807) is 0 Å². The lowest BCUT2D eigenvalue weighted by atomic mass is 10.3. The molecule has 0 aliphatic carbocycles. The van der Waals surface area contributed by atoms with Crippen LogP contribution >= 0.6 is 23.1 Å². The van der Waals surface area contributed by atoms with Crippen LogP contribution in [0.4, 0.5) is 5.82 Å². The zero-order valence-electron chi connectivity index (χ0n) is 11.1. The molecule has 0 fully saturated rings. The lowest BCUT2D eigenvalue weighted by molar-refractivity contribution is 0.0694. The smallest absolute Gasteiger partial charge is 0.342 e. The molecule has 0 radical (unpaired) electrons. The Balaban J connectivity index is 2.17. The average molecular weight is 320 g/mol. The number of carbonyl (C=O) groups is 1. The van der Waals surface area contributed by atoms with E-state index < -0.39 is 5.97 Å². The highest BCUT2D eigenvalue weighted by Crippen LogP contribution is 2.31. The third-order valence-corrected chi connectivity index (χ3v) is 4.71. The Labute approximate surface area is 128 Å². The molecule has 2 aromatic heterocycles. The van der Waals surface area contributed by atoms with Gasteiger partial charge in [-0.05, 0) is 17.9 Å². The number of rotatable bonds is 4. The Morgan fingerprint density at radius 1 is 1.48 bits per heavy atom. The quantitative estimate of drug-likeness (QED) is 0.718. The molecule has 0 amide bonds. The molecule has 0 unspecified atom stereocenters. The van der Waals surface area contributed by atoms with Crippen molar-refractivity contribution in [3.8, 4) is 5.13 Å². The number of carboxylic acids is 1. The van der Waals surface area contributed by atoms with Gasteiger partial charge in [-0.3, -0.25) is 0 Å². The summed E-state index contributed by atoms with van der Waals surface area (Å²) in [5, 5.41) is 14.6. The second-order valence-electron chi connectivity index (χ2n) is 4.18. The third kappa shape index (κ3) is 2.36. The second-order valence-corrected chi connectivity index (χ2v) is 6.44. The third-order valence-electron chi connectivity index (χ3n) is 2.85. The predicted octanol–water partition coefficient (Wildman–Crippen LogP) is 2.87. The number of para-hydroxylation sites is 1. The van der Waals surface area contributed by atoms with Gasteiger partial charge < -0.3 is 10.8 Å². The Morgan fingerprint density at radius 2 is 2.24 bits per heavy atom. The number of aromatic carboxylic acids is 1. The molecule has 0 aliphatic rings. The fraction of sp³-hybridized carbons (Fsp3) is 0.154. The maximum atomic E-state index is 11.4. The highest BCUT2D eigenvalue weighted by atomic mass is 32.2. The summed E-state index contributed by atoms with van der Waals surface area (Å²) in [4.78, 5) is 15.8. The van der Waals surface area contributed by atoms with Crippen molar-refractivity contribution < 1.29 is 9.90 Å². The van der Waals surface area contributed by atoms with Gasteiger partial charge in [0, 0.05) is 0 Å². The van der Waals surface area contributed by atoms with Gasteiger partial charge in [-0.1, -0.05) is 30.4 Å². The monoisotopic (exact) mass is 320 g/mol. The first kappa shape index (κ1) is 13.9. The van der Waals surface area contributed by atoms with Crippen molar-refractivity contribution in [2.75, 3.05) is 11.5 Å². The Morgan fingerprint density at radius 3 is 2.90 bits per heavy atom. The molecule has 0 atom stereocenters. The van der Waals surface area contributed by atoms with Crippen LogP contribution in [0.15, 0.2) is 29.3 Å². The summed E-state index contributed by atoms with van der Waals surface area (Å²) in [6.07, 6.45) is 0. The van der Waals surface area contributed by atoms with Crippen LogP contribution in [0.1, 0.15) is 17.3 Å². The molecule has 0 aliphatic heterocycles. The van der Waals surface area contributed by atoms with Gasteiger partial charge in [0.25, 0.3) is 0 Å². The van der Waals surface area contributed by atoms with E-state index in [2.05, 4.69) is 10.1 Å². The first-order chi connectivity index (χ1) is 10.1. The number of thiazole rings is 1. The summed E-state index contributed by atoms with van der Waals surface area (Å²) in [6.45, 7) is 1.93. The summed E-state index contributed by atoms with van der Waals surface area (Å²) in [6, 6.07) is 7.68. The van der Waals surface area contributed by atoms with Crippen molar-refractivity contribution in [3.05, 3.63) is 29.8 Å². The Kier molecular flexibility index (Phi) is 3.56. The molecular formula is C13H12N4O2S2. The van der Waals surface area contributed by atoms with E-state index in [4.69, 9.17) is 5.73 Å². The maximum absolute atomic E-state index is 11.4. The Bertz CT molecular complexity index is 792. The molecule has 6 nitrogen and oxygen atoms in total. The van der Waals surface area contributed by atoms with E-state index in [0.29, 0.717) is 10.2 Å². The fourth-order valence-corrected chi connectivity index (χ4v) is 3.63. The molecule has 0 bridgehead atoms. The van der Waals surface area contributed by atoms with E-state index in [-0.39, 0.29) is 11.4 Å². The summed E-state index contributed by atoms with van der Waals surface area (Å²) < 4.78 is 2.41. The minimum atomic E-state index is -1.07. The molecule has 1 aromatic carbocycles. The number of nitrogens with zero attached hydrogens (tertiary/aromatic N) is 3. The molecule has 0 saturated carbocycles. The normalized spacial score (nSPS) is 11.1. The fourth-order valence-electron chi connectivity index (χ4n) is 1.95. The first-order valence-electron chi connectivity index (χ1n) is 6.22. The first-order valence-corrected chi connectivity index (χ1v) is 8.02. The van der Waals surface area contributed by atoms with Crippen LogP contribution in [0.2, 0.25) is 0 Å². The number of fused-ring (bicyclic) bond motifs is 1. The summed E-state index contributed by atoms with van der Waals surface area (Å²) in [5.41, 5.74) is 6.85. The lowest BCUT2D eigenvalue weighted by Crippen LogP contribution is -2.05. The minimum Gasteiger partial charge on any atom is -0.477 e. The second kappa shape index (κ2) is 5.38. The SMILES string of the molecule is CCSc1nn(-c2nc3ccccc3s2)c(N)c1C(=O)O. The number of hydrogen-bond donors (Lipinski definition) is 2. The highest BCUT2D eigenvalue weighted by Gasteiger charge is 2.23. The Hall–Kier alpha value is -2.06. The molecule has 8 heteroatoms. The number of nitrogens with two attached hydrogens (primary N) is 1. The molecule has 3 rings (SSSR count). The summed E-state index contributed by atoms with van der Waals surface area (Å²) >= 11 is 2.77. The van der Waals surface area contributed by atoms with Crippen LogP contribution in [-0.4, -0.2) is 31.6 Å². The van der Waals surface area contributed by atoms with Crippen LogP contribution in [0.5, 0.6) is 0 Å². The van der Waals surface area contributed by atoms with Crippen LogP contribution in [0.25, 0.3) is 15.3 Å². The van der Waals surface area contributed by atoms with E-state index in [0.717, 1.165) is 16.0 Å². The van der Waals surface area contributed by atoms with Crippen molar-refractivity contribution in [1.29, 1.82) is 0 Å². The number of carboxylic acid groups (broad SMARTS) is 1. The van der Waals surface area contributed by atoms with Crippen LogP contribution in [-0.2, 0) is 0 Å². The van der Waals surface area contributed by atoms with E-state index in [9.17, 15) is 9.90 Å². The molecule has 3 aromatic rings. The number of nitrogen functional groups attached to an aromatic ring is 1. The van der Waals surface area contributed by atoms with Gasteiger partial charge in [0.15, 0.2) is 0 Å². The van der Waals surface area contributed by atoms with Crippen molar-refractivity contribution in [3.63, 3.8) is 0 Å². The molecule has 0 spiro atoms. The number of anilines is 1. The van der Waals surface area contributed by atoms with Crippen molar-refractivity contribution >= 4 is 45.1 Å². The van der Waals surface area contributed by atoms with Gasteiger partial charge in [-0.15, -0.1) is 11.8 Å². The van der Waals surface area contributed by atoms with Crippen LogP contribution in [0, 0.1) is 0 Å². The summed E-state index contributed by atoms with van der Waals surface area (Å²) in [7, 11) is 0.